The molecule has 2 rings (SSSR count). The minimum atomic E-state index is -0.973. The van der Waals surface area contributed by atoms with Crippen molar-refractivity contribution < 1.29 is 24.2 Å². The summed E-state index contributed by atoms with van der Waals surface area (Å²) in [6.07, 6.45) is 4.34. The number of benzene rings is 1. The van der Waals surface area contributed by atoms with Crippen LogP contribution in [0.15, 0.2) is 18.2 Å². The van der Waals surface area contributed by atoms with Crippen molar-refractivity contribution in [2.75, 3.05) is 7.11 Å². The predicted molar refractivity (Wildman–Crippen MR) is 77.1 cm³/mol. The van der Waals surface area contributed by atoms with Crippen molar-refractivity contribution >= 4 is 11.8 Å². The number of methoxy groups -OCH3 is 1. The van der Waals surface area contributed by atoms with Crippen molar-refractivity contribution in [3.05, 3.63) is 23.8 Å². The first kappa shape index (κ1) is 15.4. The van der Waals surface area contributed by atoms with Gasteiger partial charge in [0, 0.05) is 12.0 Å². The van der Waals surface area contributed by atoms with E-state index in [1.54, 1.807) is 25.3 Å². The third kappa shape index (κ3) is 4.21. The van der Waals surface area contributed by atoms with Crippen molar-refractivity contribution in [1.29, 1.82) is 0 Å². The lowest BCUT2D eigenvalue weighted by molar-refractivity contribution is -0.136. The summed E-state index contributed by atoms with van der Waals surface area (Å²) in [7, 11) is 1.56. The summed E-state index contributed by atoms with van der Waals surface area (Å²) in [6, 6.07) is 4.99. The summed E-state index contributed by atoms with van der Waals surface area (Å²) < 4.78 is 11.2. The molecule has 0 unspecified atom stereocenters. The van der Waals surface area contributed by atoms with Crippen molar-refractivity contribution in [3.8, 4) is 11.5 Å². The minimum Gasteiger partial charge on any atom is -0.493 e. The molecule has 0 bridgehead atoms. The van der Waals surface area contributed by atoms with Gasteiger partial charge >= 0.3 is 5.97 Å². The van der Waals surface area contributed by atoms with Crippen LogP contribution in [0.4, 0.5) is 0 Å². The van der Waals surface area contributed by atoms with Gasteiger partial charge in [0.05, 0.1) is 19.6 Å². The zero-order valence-electron chi connectivity index (χ0n) is 12.1. The molecule has 1 aliphatic rings. The summed E-state index contributed by atoms with van der Waals surface area (Å²) >= 11 is 0. The molecule has 1 aliphatic carbocycles. The Morgan fingerprint density at radius 1 is 1.19 bits per heavy atom. The maximum atomic E-state index is 12.0. The molecule has 21 heavy (non-hydrogen) atoms. The Kier molecular flexibility index (Phi) is 5.20. The van der Waals surface area contributed by atoms with Crippen LogP contribution in [0, 0.1) is 0 Å². The van der Waals surface area contributed by atoms with Gasteiger partial charge in [0.1, 0.15) is 0 Å². The average Bonchev–Trinajstić information content (AvgIpc) is 2.97. The first-order valence-corrected chi connectivity index (χ1v) is 7.20. The Balaban J connectivity index is 2.12. The molecule has 0 radical (unpaired) electrons. The van der Waals surface area contributed by atoms with E-state index in [2.05, 4.69) is 0 Å². The smallest absolute Gasteiger partial charge is 0.303 e. The predicted octanol–water partition coefficient (Wildman–Crippen LogP) is 3.06. The summed E-state index contributed by atoms with van der Waals surface area (Å²) in [6.45, 7) is 0. The lowest BCUT2D eigenvalue weighted by atomic mass is 10.1. The molecule has 0 atom stereocenters. The molecule has 5 nitrogen and oxygen atoms in total. The first-order chi connectivity index (χ1) is 10.1. The number of carboxylic acids is 1. The third-order valence-electron chi connectivity index (χ3n) is 3.65. The molecule has 0 aromatic heterocycles. The van der Waals surface area contributed by atoms with E-state index in [1.807, 2.05) is 0 Å². The maximum Gasteiger partial charge on any atom is 0.303 e. The SMILES string of the molecule is COc1ccc(C(=O)CCC(=O)O)cc1OC1CCCC1. The van der Waals surface area contributed by atoms with Crippen LogP contribution in [-0.4, -0.2) is 30.1 Å². The third-order valence-corrected chi connectivity index (χ3v) is 3.65. The Morgan fingerprint density at radius 3 is 2.52 bits per heavy atom. The number of carbonyl (C=O) groups excluding carboxylic acids is 1. The summed E-state index contributed by atoms with van der Waals surface area (Å²) in [4.78, 5) is 22.5. The van der Waals surface area contributed by atoms with Gasteiger partial charge in [0.2, 0.25) is 0 Å². The topological polar surface area (TPSA) is 72.8 Å². The van der Waals surface area contributed by atoms with Gasteiger partial charge in [-0.2, -0.15) is 0 Å². The molecule has 1 saturated carbocycles. The van der Waals surface area contributed by atoms with E-state index in [4.69, 9.17) is 14.6 Å². The van der Waals surface area contributed by atoms with Crippen molar-refractivity contribution in [1.82, 2.24) is 0 Å². The van der Waals surface area contributed by atoms with E-state index in [0.29, 0.717) is 17.1 Å². The first-order valence-electron chi connectivity index (χ1n) is 7.20. The number of ether oxygens (including phenoxy) is 2. The lowest BCUT2D eigenvalue weighted by Crippen LogP contribution is -2.12. The van der Waals surface area contributed by atoms with Crippen LogP contribution in [-0.2, 0) is 4.79 Å². The Labute approximate surface area is 123 Å². The fourth-order valence-corrected chi connectivity index (χ4v) is 2.49. The molecule has 0 saturated heterocycles. The number of rotatable bonds is 7. The maximum absolute atomic E-state index is 12.0. The second-order valence-electron chi connectivity index (χ2n) is 5.21. The van der Waals surface area contributed by atoms with Crippen LogP contribution in [0.25, 0.3) is 0 Å². The number of carboxylic acid groups (broad SMARTS) is 1. The number of Topliss-reactive ketones (excluding diaryl/α,β-unsaturated/α-hetero) is 1. The molecule has 0 spiro atoms. The van der Waals surface area contributed by atoms with Crippen LogP contribution < -0.4 is 9.47 Å². The molecule has 5 heteroatoms. The zero-order valence-corrected chi connectivity index (χ0v) is 12.1. The van der Waals surface area contributed by atoms with Gasteiger partial charge in [-0.05, 0) is 43.9 Å². The van der Waals surface area contributed by atoms with Crippen molar-refractivity contribution in [2.45, 2.75) is 44.6 Å². The number of ketones is 1. The number of hydrogen-bond donors (Lipinski definition) is 1. The molecule has 1 fully saturated rings. The van der Waals surface area contributed by atoms with E-state index < -0.39 is 5.97 Å². The van der Waals surface area contributed by atoms with E-state index >= 15 is 0 Å². The van der Waals surface area contributed by atoms with Crippen molar-refractivity contribution in [2.24, 2.45) is 0 Å². The highest BCUT2D eigenvalue weighted by Crippen LogP contribution is 2.32. The van der Waals surface area contributed by atoms with Crippen LogP contribution in [0.1, 0.15) is 48.9 Å². The molecule has 114 valence electrons. The quantitative estimate of drug-likeness (QED) is 0.782. The highest BCUT2D eigenvalue weighted by atomic mass is 16.5. The number of carbonyl (C=O) groups is 2. The largest absolute Gasteiger partial charge is 0.493 e. The fourth-order valence-electron chi connectivity index (χ4n) is 2.49. The molecule has 1 aromatic rings. The van der Waals surface area contributed by atoms with Gasteiger partial charge in [-0.25, -0.2) is 0 Å². The standard InChI is InChI=1S/C16H20O5/c1-20-14-8-6-11(13(17)7-9-16(18)19)10-15(14)21-12-4-2-3-5-12/h6,8,10,12H,2-5,7,9H2,1H3,(H,18,19). The average molecular weight is 292 g/mol. The van der Waals surface area contributed by atoms with Crippen LogP contribution in [0.5, 0.6) is 11.5 Å². The van der Waals surface area contributed by atoms with Crippen LogP contribution >= 0.6 is 0 Å². The summed E-state index contributed by atoms with van der Waals surface area (Å²) in [5.41, 5.74) is 0.463. The van der Waals surface area contributed by atoms with E-state index in [1.165, 1.54) is 0 Å². The minimum absolute atomic E-state index is 0.00939. The molecular formula is C16H20O5. The molecule has 0 amide bonds. The Morgan fingerprint density at radius 2 is 1.90 bits per heavy atom. The van der Waals surface area contributed by atoms with Gasteiger partial charge < -0.3 is 14.6 Å². The number of hydrogen-bond acceptors (Lipinski definition) is 4. The normalized spacial score (nSPS) is 14.9. The van der Waals surface area contributed by atoms with E-state index in [9.17, 15) is 9.59 Å². The van der Waals surface area contributed by atoms with Crippen LogP contribution in [0.3, 0.4) is 0 Å². The zero-order chi connectivity index (χ0) is 15.2. The van der Waals surface area contributed by atoms with Crippen molar-refractivity contribution in [3.63, 3.8) is 0 Å². The lowest BCUT2D eigenvalue weighted by Gasteiger charge is -2.16. The molecule has 0 heterocycles. The second kappa shape index (κ2) is 7.11. The molecule has 1 N–H and O–H groups in total. The summed E-state index contributed by atoms with van der Waals surface area (Å²) in [5.74, 6) is -0.0159. The Bertz CT molecular complexity index is 517. The molecule has 1 aromatic carbocycles. The molecule has 0 aliphatic heterocycles. The van der Waals surface area contributed by atoms with Gasteiger partial charge in [0.15, 0.2) is 17.3 Å². The second-order valence-corrected chi connectivity index (χ2v) is 5.21. The van der Waals surface area contributed by atoms with Gasteiger partial charge in [0.25, 0.3) is 0 Å². The fraction of sp³-hybridized carbons (Fsp3) is 0.500. The number of aliphatic carboxylic acids is 1. The highest BCUT2D eigenvalue weighted by molar-refractivity contribution is 5.98. The van der Waals surface area contributed by atoms with Gasteiger partial charge in [-0.3, -0.25) is 9.59 Å². The summed E-state index contributed by atoms with van der Waals surface area (Å²) in [5, 5.41) is 8.64. The molecular weight excluding hydrogens is 272 g/mol. The van der Waals surface area contributed by atoms with Gasteiger partial charge in [-0.1, -0.05) is 0 Å². The Hall–Kier alpha value is -2.04. The monoisotopic (exact) mass is 292 g/mol. The highest BCUT2D eigenvalue weighted by Gasteiger charge is 2.19. The van der Waals surface area contributed by atoms with Crippen LogP contribution in [0.2, 0.25) is 0 Å². The van der Waals surface area contributed by atoms with Gasteiger partial charge in [-0.15, -0.1) is 0 Å². The van der Waals surface area contributed by atoms with E-state index in [-0.39, 0.29) is 24.7 Å². The van der Waals surface area contributed by atoms with E-state index in [0.717, 1.165) is 25.7 Å².